The van der Waals surface area contributed by atoms with Crippen molar-refractivity contribution in [3.05, 3.63) is 25.8 Å². The van der Waals surface area contributed by atoms with Crippen molar-refractivity contribution < 1.29 is 34.0 Å². The summed E-state index contributed by atoms with van der Waals surface area (Å²) >= 11 is 13.1. The molecule has 27 heavy (non-hydrogen) atoms. The maximum Gasteiger partial charge on any atom is 0.396 e. The predicted octanol–water partition coefficient (Wildman–Crippen LogP) is 0.484. The average Bonchev–Trinajstić information content (AvgIpc) is 2.99. The van der Waals surface area contributed by atoms with Gasteiger partial charge in [-0.2, -0.15) is 0 Å². The number of nitrogens with one attached hydrogen (secondary N) is 1. The summed E-state index contributed by atoms with van der Waals surface area (Å²) in [5.41, 5.74) is 0.107. The van der Waals surface area contributed by atoms with Gasteiger partial charge in [-0.15, -0.1) is 0 Å². The Bertz CT molecular complexity index is 915. The third kappa shape index (κ3) is 3.92. The summed E-state index contributed by atoms with van der Waals surface area (Å²) in [5.74, 6) is -0.495. The third-order valence-electron chi connectivity index (χ3n) is 3.97. The van der Waals surface area contributed by atoms with Crippen LogP contribution < -0.4 is 15.0 Å². The fourth-order valence-electron chi connectivity index (χ4n) is 2.71. The lowest BCUT2D eigenvalue weighted by atomic mass is 9.97. The standard InChI is InChI=1S/C15H15Cl2NO8S/c1-4(20)18-10-12(22)11(21)6(3-19)25-14(10)24-5-2-7-13(9(17)8(5)16)26-15(23)27-7/h2,6,10-12,14,19,21-22H,3H2,1H3,(H,18,20). The molecule has 1 aliphatic heterocycles. The molecule has 5 atom stereocenters. The maximum absolute atomic E-state index is 11.5. The molecule has 2 heterocycles. The molecule has 0 saturated carbocycles. The molecule has 2 aromatic rings. The van der Waals surface area contributed by atoms with Crippen molar-refractivity contribution in [3.63, 3.8) is 0 Å². The second-order valence-corrected chi connectivity index (χ2v) is 7.57. The van der Waals surface area contributed by atoms with Gasteiger partial charge in [0, 0.05) is 13.0 Å². The van der Waals surface area contributed by atoms with E-state index in [4.69, 9.17) is 37.1 Å². The Balaban J connectivity index is 1.97. The van der Waals surface area contributed by atoms with E-state index in [-0.39, 0.29) is 21.4 Å². The monoisotopic (exact) mass is 439 g/mol. The molecule has 1 aromatic carbocycles. The number of hydrogen-bond acceptors (Lipinski definition) is 9. The molecule has 0 aliphatic carbocycles. The van der Waals surface area contributed by atoms with Gasteiger partial charge >= 0.3 is 4.94 Å². The van der Waals surface area contributed by atoms with Gasteiger partial charge in [0.15, 0.2) is 5.58 Å². The zero-order valence-corrected chi connectivity index (χ0v) is 16.0. The molecule has 12 heteroatoms. The number of aliphatic hydroxyl groups excluding tert-OH is 3. The Hall–Kier alpha value is -1.40. The van der Waals surface area contributed by atoms with E-state index in [0.29, 0.717) is 4.70 Å². The Morgan fingerprint density at radius 1 is 1.33 bits per heavy atom. The summed E-state index contributed by atoms with van der Waals surface area (Å²) in [4.78, 5) is 22.3. The minimum Gasteiger partial charge on any atom is -0.461 e. The number of fused-ring (bicyclic) bond motifs is 1. The van der Waals surface area contributed by atoms with Crippen LogP contribution in [0, 0.1) is 0 Å². The van der Waals surface area contributed by atoms with Crippen LogP contribution in [0.5, 0.6) is 5.75 Å². The van der Waals surface area contributed by atoms with Crippen LogP contribution in [0.25, 0.3) is 10.3 Å². The topological polar surface area (TPSA) is 138 Å². The summed E-state index contributed by atoms with van der Waals surface area (Å²) in [6, 6.07) is 0.243. The van der Waals surface area contributed by atoms with E-state index in [9.17, 15) is 24.9 Å². The number of benzene rings is 1. The van der Waals surface area contributed by atoms with Gasteiger partial charge in [-0.25, -0.2) is 4.79 Å². The molecule has 1 aromatic heterocycles. The molecule has 0 radical (unpaired) electrons. The number of ether oxygens (including phenoxy) is 2. The quantitative estimate of drug-likeness (QED) is 0.539. The van der Waals surface area contributed by atoms with Crippen LogP contribution in [-0.2, 0) is 9.53 Å². The van der Waals surface area contributed by atoms with Crippen LogP contribution in [0.3, 0.4) is 0 Å². The summed E-state index contributed by atoms with van der Waals surface area (Å²) in [7, 11) is 0. The molecular formula is C15H15Cl2NO8S. The lowest BCUT2D eigenvalue weighted by Crippen LogP contribution is -2.65. The molecule has 1 saturated heterocycles. The Morgan fingerprint density at radius 3 is 2.67 bits per heavy atom. The average molecular weight is 440 g/mol. The number of halogens is 2. The molecule has 5 unspecified atom stereocenters. The number of carbonyl (C=O) groups excluding carboxylic acids is 1. The van der Waals surface area contributed by atoms with E-state index in [0.717, 1.165) is 11.3 Å². The smallest absolute Gasteiger partial charge is 0.396 e. The van der Waals surface area contributed by atoms with Crippen molar-refractivity contribution in [2.75, 3.05) is 6.61 Å². The lowest BCUT2D eigenvalue weighted by molar-refractivity contribution is -0.244. The molecule has 0 spiro atoms. The van der Waals surface area contributed by atoms with Crippen molar-refractivity contribution in [2.45, 2.75) is 37.6 Å². The Labute approximate surface area is 166 Å². The highest BCUT2D eigenvalue weighted by molar-refractivity contribution is 7.16. The molecule has 1 fully saturated rings. The first-order chi connectivity index (χ1) is 12.7. The highest BCUT2D eigenvalue weighted by atomic mass is 35.5. The maximum atomic E-state index is 11.5. The van der Waals surface area contributed by atoms with Gasteiger partial charge in [0.05, 0.1) is 11.3 Å². The largest absolute Gasteiger partial charge is 0.461 e. The first-order valence-corrected chi connectivity index (χ1v) is 9.28. The second-order valence-electron chi connectivity index (χ2n) is 5.83. The van der Waals surface area contributed by atoms with Crippen LogP contribution >= 0.6 is 34.5 Å². The normalized spacial score (nSPS) is 28.3. The van der Waals surface area contributed by atoms with Gasteiger partial charge in [-0.1, -0.05) is 34.5 Å². The molecular weight excluding hydrogens is 425 g/mol. The number of aliphatic hydroxyl groups is 3. The molecule has 0 bridgehead atoms. The fourth-order valence-corrected chi connectivity index (χ4v) is 3.89. The molecule has 4 N–H and O–H groups in total. The second kappa shape index (κ2) is 7.92. The van der Waals surface area contributed by atoms with Crippen molar-refractivity contribution in [3.8, 4) is 5.75 Å². The van der Waals surface area contributed by atoms with Gasteiger partial charge in [0.25, 0.3) is 0 Å². The van der Waals surface area contributed by atoms with Crippen LogP contribution in [0.2, 0.25) is 10.0 Å². The zero-order valence-electron chi connectivity index (χ0n) is 13.7. The molecule has 3 rings (SSSR count). The van der Waals surface area contributed by atoms with Crippen molar-refractivity contribution in [2.24, 2.45) is 0 Å². The lowest BCUT2D eigenvalue weighted by Gasteiger charge is -2.42. The summed E-state index contributed by atoms with van der Waals surface area (Å²) < 4.78 is 16.5. The Morgan fingerprint density at radius 2 is 2.04 bits per heavy atom. The van der Waals surface area contributed by atoms with Crippen molar-refractivity contribution >= 4 is 50.7 Å². The minimum absolute atomic E-state index is 0.00634. The van der Waals surface area contributed by atoms with E-state index < -0.39 is 48.1 Å². The minimum atomic E-state index is -1.48. The summed E-state index contributed by atoms with van der Waals surface area (Å²) in [5, 5.41) is 32.0. The SMILES string of the molecule is CC(=O)NC1C(Oc2cc3sc(=O)oc3c(Cl)c2Cl)OC(CO)C(O)C1O. The van der Waals surface area contributed by atoms with Crippen LogP contribution in [0.15, 0.2) is 15.3 Å². The van der Waals surface area contributed by atoms with Gasteiger partial charge in [0.1, 0.15) is 40.1 Å². The number of amides is 1. The molecule has 1 aliphatic rings. The van der Waals surface area contributed by atoms with Gasteiger partial charge < -0.3 is 34.5 Å². The fraction of sp³-hybridized carbons (Fsp3) is 0.467. The number of hydrogen-bond donors (Lipinski definition) is 4. The zero-order chi connectivity index (χ0) is 19.9. The molecule has 148 valence electrons. The number of rotatable bonds is 4. The Kier molecular flexibility index (Phi) is 5.96. The van der Waals surface area contributed by atoms with Crippen LogP contribution in [0.4, 0.5) is 0 Å². The first kappa shape index (κ1) is 20.3. The van der Waals surface area contributed by atoms with E-state index in [1.165, 1.54) is 13.0 Å². The van der Waals surface area contributed by atoms with Gasteiger partial charge in [-0.05, 0) is 0 Å². The predicted molar refractivity (Wildman–Crippen MR) is 96.4 cm³/mol. The van der Waals surface area contributed by atoms with Gasteiger partial charge in [0.2, 0.25) is 12.2 Å². The number of carbonyl (C=O) groups is 1. The van der Waals surface area contributed by atoms with Crippen LogP contribution in [0.1, 0.15) is 6.92 Å². The third-order valence-corrected chi connectivity index (χ3v) is 5.57. The first-order valence-electron chi connectivity index (χ1n) is 7.70. The summed E-state index contributed by atoms with van der Waals surface area (Å²) in [6.45, 7) is 0.620. The van der Waals surface area contributed by atoms with Gasteiger partial charge in [-0.3, -0.25) is 4.79 Å². The molecule has 9 nitrogen and oxygen atoms in total. The van der Waals surface area contributed by atoms with Crippen molar-refractivity contribution in [1.29, 1.82) is 0 Å². The van der Waals surface area contributed by atoms with E-state index >= 15 is 0 Å². The highest BCUT2D eigenvalue weighted by Gasteiger charge is 2.46. The van der Waals surface area contributed by atoms with E-state index in [2.05, 4.69) is 5.32 Å². The highest BCUT2D eigenvalue weighted by Crippen LogP contribution is 2.40. The van der Waals surface area contributed by atoms with Crippen molar-refractivity contribution in [1.82, 2.24) is 5.32 Å². The van der Waals surface area contributed by atoms with Crippen LogP contribution in [-0.4, -0.2) is 58.5 Å². The van der Waals surface area contributed by atoms with E-state index in [1.54, 1.807) is 0 Å². The summed E-state index contributed by atoms with van der Waals surface area (Å²) in [6.07, 6.45) is -5.39. The molecule has 1 amide bonds. The van der Waals surface area contributed by atoms with E-state index in [1.807, 2.05) is 0 Å².